The standard InChI is InChI=1S/C22H22ClN3O2S/c1-2-14-5-10-18-19(12-14)29-22(24-18)25-20(27)16-4-3-11-26(13-16)21(28)15-6-8-17(23)9-7-15/h5-10,12,16H,2-4,11,13H2,1H3,(H,24,25,27). The molecule has 3 aromatic rings. The number of hydrogen-bond donors (Lipinski definition) is 1. The zero-order valence-electron chi connectivity index (χ0n) is 16.2. The van der Waals surface area contributed by atoms with E-state index < -0.39 is 0 Å². The summed E-state index contributed by atoms with van der Waals surface area (Å²) in [5.74, 6) is -0.377. The SMILES string of the molecule is CCc1ccc2nc(NC(=O)C3CCCN(C(=O)c4ccc(Cl)cc4)C3)sc2c1. The molecule has 4 rings (SSSR count). The van der Waals surface area contributed by atoms with Crippen LogP contribution in [0.15, 0.2) is 42.5 Å². The second-order valence-electron chi connectivity index (χ2n) is 7.26. The number of carbonyl (C=O) groups is 2. The van der Waals surface area contributed by atoms with E-state index in [1.807, 2.05) is 6.07 Å². The molecule has 2 amide bonds. The number of rotatable bonds is 4. The molecule has 5 nitrogen and oxygen atoms in total. The van der Waals surface area contributed by atoms with Gasteiger partial charge in [-0.1, -0.05) is 35.9 Å². The number of aromatic nitrogens is 1. The lowest BCUT2D eigenvalue weighted by Gasteiger charge is -2.32. The zero-order valence-corrected chi connectivity index (χ0v) is 17.7. The number of carbonyl (C=O) groups excluding carboxylic acids is 2. The third kappa shape index (κ3) is 4.43. The first-order chi connectivity index (χ1) is 14.0. The molecule has 150 valence electrons. The Labute approximate surface area is 178 Å². The predicted molar refractivity (Wildman–Crippen MR) is 118 cm³/mol. The van der Waals surface area contributed by atoms with Crippen LogP contribution in [0.25, 0.3) is 10.2 Å². The smallest absolute Gasteiger partial charge is 0.253 e. The number of piperidine rings is 1. The molecule has 0 saturated carbocycles. The van der Waals surface area contributed by atoms with E-state index >= 15 is 0 Å². The van der Waals surface area contributed by atoms with E-state index in [-0.39, 0.29) is 17.7 Å². The number of fused-ring (bicyclic) bond motifs is 1. The Hall–Kier alpha value is -2.44. The second kappa shape index (κ2) is 8.51. The van der Waals surface area contributed by atoms with Gasteiger partial charge in [-0.05, 0) is 61.2 Å². The van der Waals surface area contributed by atoms with Crippen LogP contribution in [-0.2, 0) is 11.2 Å². The molecular formula is C22H22ClN3O2S. The van der Waals surface area contributed by atoms with Crippen molar-refractivity contribution in [3.63, 3.8) is 0 Å². The van der Waals surface area contributed by atoms with Crippen LogP contribution in [0.5, 0.6) is 0 Å². The minimum atomic E-state index is -0.238. The summed E-state index contributed by atoms with van der Waals surface area (Å²) in [4.78, 5) is 31.9. The average Bonchev–Trinajstić information content (AvgIpc) is 3.15. The molecular weight excluding hydrogens is 406 g/mol. The van der Waals surface area contributed by atoms with Crippen LogP contribution < -0.4 is 5.32 Å². The molecule has 1 aliphatic heterocycles. The van der Waals surface area contributed by atoms with Crippen LogP contribution >= 0.6 is 22.9 Å². The van der Waals surface area contributed by atoms with Gasteiger partial charge in [0, 0.05) is 23.7 Å². The van der Waals surface area contributed by atoms with Gasteiger partial charge in [0.1, 0.15) is 0 Å². The van der Waals surface area contributed by atoms with Gasteiger partial charge in [0.15, 0.2) is 5.13 Å². The largest absolute Gasteiger partial charge is 0.338 e. The number of thiazole rings is 1. The van der Waals surface area contributed by atoms with E-state index in [2.05, 4.69) is 29.4 Å². The number of aryl methyl sites for hydroxylation is 1. The maximum absolute atomic E-state index is 12.8. The molecule has 2 aromatic carbocycles. The molecule has 2 heterocycles. The molecule has 0 spiro atoms. The normalized spacial score (nSPS) is 16.8. The fraction of sp³-hybridized carbons (Fsp3) is 0.318. The monoisotopic (exact) mass is 427 g/mol. The third-order valence-electron chi connectivity index (χ3n) is 5.26. The summed E-state index contributed by atoms with van der Waals surface area (Å²) < 4.78 is 1.07. The van der Waals surface area contributed by atoms with Gasteiger partial charge in [0.25, 0.3) is 5.91 Å². The summed E-state index contributed by atoms with van der Waals surface area (Å²) >= 11 is 7.40. The van der Waals surface area contributed by atoms with Gasteiger partial charge in [-0.25, -0.2) is 4.98 Å². The Kier molecular flexibility index (Phi) is 5.83. The molecule has 1 unspecified atom stereocenters. The predicted octanol–water partition coefficient (Wildman–Crippen LogP) is 5.00. The van der Waals surface area contributed by atoms with E-state index in [0.29, 0.717) is 28.8 Å². The first-order valence-electron chi connectivity index (χ1n) is 9.78. The van der Waals surface area contributed by atoms with Crippen LogP contribution in [0.1, 0.15) is 35.7 Å². The molecule has 29 heavy (non-hydrogen) atoms. The molecule has 1 saturated heterocycles. The van der Waals surface area contributed by atoms with Crippen LogP contribution in [-0.4, -0.2) is 34.8 Å². The summed E-state index contributed by atoms with van der Waals surface area (Å²) in [6.07, 6.45) is 2.54. The fourth-order valence-electron chi connectivity index (χ4n) is 3.60. The Balaban J connectivity index is 1.43. The highest BCUT2D eigenvalue weighted by Gasteiger charge is 2.29. The van der Waals surface area contributed by atoms with Crippen molar-refractivity contribution in [2.24, 2.45) is 5.92 Å². The van der Waals surface area contributed by atoms with Crippen LogP contribution in [0.3, 0.4) is 0 Å². The van der Waals surface area contributed by atoms with Gasteiger partial charge in [-0.15, -0.1) is 0 Å². The molecule has 1 N–H and O–H groups in total. The number of nitrogens with one attached hydrogen (secondary N) is 1. The van der Waals surface area contributed by atoms with Gasteiger partial charge in [0.2, 0.25) is 5.91 Å². The van der Waals surface area contributed by atoms with Gasteiger partial charge in [-0.2, -0.15) is 0 Å². The summed E-state index contributed by atoms with van der Waals surface area (Å²) in [6, 6.07) is 13.0. The van der Waals surface area contributed by atoms with Crippen molar-refractivity contribution in [3.8, 4) is 0 Å². The molecule has 1 aromatic heterocycles. The van der Waals surface area contributed by atoms with E-state index in [1.165, 1.54) is 16.9 Å². The van der Waals surface area contributed by atoms with Crippen LogP contribution in [0, 0.1) is 5.92 Å². The Morgan fingerprint density at radius 1 is 1.24 bits per heavy atom. The molecule has 1 fully saturated rings. The topological polar surface area (TPSA) is 62.3 Å². The van der Waals surface area contributed by atoms with Gasteiger partial charge >= 0.3 is 0 Å². The summed E-state index contributed by atoms with van der Waals surface area (Å²) in [5, 5.41) is 4.17. The summed E-state index contributed by atoms with van der Waals surface area (Å²) in [7, 11) is 0. The lowest BCUT2D eigenvalue weighted by Crippen LogP contribution is -2.43. The van der Waals surface area contributed by atoms with Crippen molar-refractivity contribution < 1.29 is 9.59 Å². The first kappa shape index (κ1) is 19.9. The summed E-state index contributed by atoms with van der Waals surface area (Å²) in [5.41, 5.74) is 2.74. The Bertz CT molecular complexity index is 1050. The van der Waals surface area contributed by atoms with Crippen molar-refractivity contribution >= 4 is 50.1 Å². The molecule has 0 aliphatic carbocycles. The van der Waals surface area contributed by atoms with Crippen molar-refractivity contribution in [1.29, 1.82) is 0 Å². The van der Waals surface area contributed by atoms with Gasteiger partial charge in [0.05, 0.1) is 16.1 Å². The van der Waals surface area contributed by atoms with Crippen LogP contribution in [0.2, 0.25) is 5.02 Å². The summed E-state index contributed by atoms with van der Waals surface area (Å²) in [6.45, 7) is 3.19. The molecule has 7 heteroatoms. The number of hydrogen-bond acceptors (Lipinski definition) is 4. The number of anilines is 1. The molecule has 1 atom stereocenters. The lowest BCUT2D eigenvalue weighted by molar-refractivity contribution is -0.121. The second-order valence-corrected chi connectivity index (χ2v) is 8.73. The number of halogens is 1. The number of likely N-dealkylation sites (tertiary alicyclic amines) is 1. The Morgan fingerprint density at radius 2 is 2.03 bits per heavy atom. The molecule has 0 radical (unpaired) electrons. The minimum absolute atomic E-state index is 0.0637. The lowest BCUT2D eigenvalue weighted by atomic mass is 9.96. The quantitative estimate of drug-likeness (QED) is 0.637. The fourth-order valence-corrected chi connectivity index (χ4v) is 4.66. The zero-order chi connectivity index (χ0) is 20.4. The maximum atomic E-state index is 12.8. The third-order valence-corrected chi connectivity index (χ3v) is 6.45. The highest BCUT2D eigenvalue weighted by atomic mass is 35.5. The van der Waals surface area contributed by atoms with Crippen molar-refractivity contribution in [3.05, 3.63) is 58.6 Å². The minimum Gasteiger partial charge on any atom is -0.338 e. The Morgan fingerprint density at radius 3 is 2.79 bits per heavy atom. The molecule has 1 aliphatic rings. The van der Waals surface area contributed by atoms with Gasteiger partial charge in [-0.3, -0.25) is 9.59 Å². The van der Waals surface area contributed by atoms with Crippen LogP contribution in [0.4, 0.5) is 5.13 Å². The number of nitrogens with zero attached hydrogens (tertiary/aromatic N) is 2. The van der Waals surface area contributed by atoms with Crippen molar-refractivity contribution in [2.75, 3.05) is 18.4 Å². The van der Waals surface area contributed by atoms with E-state index in [1.54, 1.807) is 29.2 Å². The number of amides is 2. The number of benzene rings is 2. The van der Waals surface area contributed by atoms with E-state index in [0.717, 1.165) is 29.5 Å². The highest BCUT2D eigenvalue weighted by Crippen LogP contribution is 2.28. The highest BCUT2D eigenvalue weighted by molar-refractivity contribution is 7.22. The van der Waals surface area contributed by atoms with Crippen molar-refractivity contribution in [1.82, 2.24) is 9.88 Å². The molecule has 0 bridgehead atoms. The maximum Gasteiger partial charge on any atom is 0.253 e. The first-order valence-corrected chi connectivity index (χ1v) is 11.0. The van der Waals surface area contributed by atoms with E-state index in [9.17, 15) is 9.59 Å². The average molecular weight is 428 g/mol. The van der Waals surface area contributed by atoms with Gasteiger partial charge < -0.3 is 10.2 Å². The van der Waals surface area contributed by atoms with E-state index in [4.69, 9.17) is 11.6 Å². The van der Waals surface area contributed by atoms with Crippen molar-refractivity contribution in [2.45, 2.75) is 26.2 Å².